The lowest BCUT2D eigenvalue weighted by Gasteiger charge is -2.12. The van der Waals surface area contributed by atoms with Gasteiger partial charge in [0.25, 0.3) is 0 Å². The van der Waals surface area contributed by atoms with Gasteiger partial charge in [0.05, 0.1) is 16.1 Å². The maximum atomic E-state index is 11.0. The predicted octanol–water partition coefficient (Wildman–Crippen LogP) is 1.65. The van der Waals surface area contributed by atoms with E-state index in [0.29, 0.717) is 0 Å². The van der Waals surface area contributed by atoms with Gasteiger partial charge in [-0.25, -0.2) is 9.59 Å². The number of esters is 2. The number of carbonyl (C=O) groups is 2. The first-order valence-corrected chi connectivity index (χ1v) is 3.63. The summed E-state index contributed by atoms with van der Waals surface area (Å²) in [5, 5.41) is 0.179. The molecule has 0 radical (unpaired) electrons. The van der Waals surface area contributed by atoms with Gasteiger partial charge in [0.2, 0.25) is 0 Å². The van der Waals surface area contributed by atoms with E-state index in [1.54, 1.807) is 6.07 Å². The van der Waals surface area contributed by atoms with Crippen molar-refractivity contribution in [2.75, 3.05) is 0 Å². The predicted molar refractivity (Wildman–Crippen MR) is 41.2 cm³/mol. The highest BCUT2D eigenvalue weighted by molar-refractivity contribution is 6.38. The maximum absolute atomic E-state index is 11.0. The summed E-state index contributed by atoms with van der Waals surface area (Å²) in [6.07, 6.45) is 0. The van der Waals surface area contributed by atoms with Crippen LogP contribution in [0, 0.1) is 0 Å². The maximum Gasteiger partial charge on any atom is 0.347 e. The van der Waals surface area contributed by atoms with Crippen LogP contribution >= 0.6 is 11.6 Å². The molecule has 1 aromatic carbocycles. The minimum Gasteiger partial charge on any atom is -0.386 e. The van der Waals surface area contributed by atoms with Crippen molar-refractivity contribution in [1.29, 1.82) is 0 Å². The van der Waals surface area contributed by atoms with E-state index < -0.39 is 11.9 Å². The molecule has 4 heteroatoms. The molecule has 0 N–H and O–H groups in total. The molecule has 2 rings (SSSR count). The molecule has 0 aromatic heterocycles. The monoisotopic (exact) mass is 182 g/mol. The van der Waals surface area contributed by atoms with E-state index in [2.05, 4.69) is 4.74 Å². The standard InChI is InChI=1S/C8H3ClO3/c9-6-4-2-1-3-5(6)8(11)12-7(4)10/h1-3H. The number of hydrogen-bond donors (Lipinski definition) is 0. The van der Waals surface area contributed by atoms with E-state index >= 15 is 0 Å². The van der Waals surface area contributed by atoms with Gasteiger partial charge in [-0.15, -0.1) is 0 Å². The summed E-state index contributed by atoms with van der Waals surface area (Å²) in [4.78, 5) is 21.9. The topological polar surface area (TPSA) is 43.4 Å². The Morgan fingerprint density at radius 1 is 1.08 bits per heavy atom. The Labute approximate surface area is 72.9 Å². The van der Waals surface area contributed by atoms with Crippen LogP contribution in [0.2, 0.25) is 5.02 Å². The number of hydrogen-bond acceptors (Lipinski definition) is 3. The van der Waals surface area contributed by atoms with Gasteiger partial charge in [-0.05, 0) is 12.1 Å². The lowest BCUT2D eigenvalue weighted by atomic mass is 10.1. The van der Waals surface area contributed by atoms with Crippen LogP contribution in [0.15, 0.2) is 18.2 Å². The Balaban J connectivity index is 2.77. The molecule has 0 amide bonds. The molecular weight excluding hydrogens is 180 g/mol. The Morgan fingerprint density at radius 2 is 1.58 bits per heavy atom. The molecule has 3 nitrogen and oxygen atoms in total. The summed E-state index contributed by atoms with van der Waals surface area (Å²) in [7, 11) is 0. The van der Waals surface area contributed by atoms with Gasteiger partial charge in [-0.3, -0.25) is 0 Å². The van der Waals surface area contributed by atoms with Gasteiger partial charge in [-0.2, -0.15) is 0 Å². The normalized spacial score (nSPS) is 14.4. The Kier molecular flexibility index (Phi) is 1.41. The van der Waals surface area contributed by atoms with Crippen LogP contribution in [0.1, 0.15) is 20.7 Å². The number of ether oxygens (including phenoxy) is 1. The second-order valence-corrected chi connectivity index (χ2v) is 2.72. The van der Waals surface area contributed by atoms with Crippen LogP contribution in [-0.4, -0.2) is 11.9 Å². The molecule has 1 aliphatic heterocycles. The van der Waals surface area contributed by atoms with Crippen LogP contribution in [-0.2, 0) is 4.74 Å². The van der Waals surface area contributed by atoms with Crippen molar-refractivity contribution in [1.82, 2.24) is 0 Å². The summed E-state index contributed by atoms with van der Waals surface area (Å²) < 4.78 is 4.38. The molecule has 60 valence electrons. The van der Waals surface area contributed by atoms with Crippen LogP contribution in [0.5, 0.6) is 0 Å². The second kappa shape index (κ2) is 2.32. The molecule has 1 aliphatic rings. The van der Waals surface area contributed by atoms with Gasteiger partial charge < -0.3 is 4.74 Å². The zero-order valence-electron chi connectivity index (χ0n) is 5.83. The summed E-state index contributed by atoms with van der Waals surface area (Å²) in [5.41, 5.74) is 0.488. The highest BCUT2D eigenvalue weighted by Gasteiger charge is 2.27. The van der Waals surface area contributed by atoms with Crippen LogP contribution in [0.4, 0.5) is 0 Å². The average molecular weight is 183 g/mol. The van der Waals surface area contributed by atoms with Crippen molar-refractivity contribution in [2.45, 2.75) is 0 Å². The number of fused-ring (bicyclic) bond motifs is 2. The van der Waals surface area contributed by atoms with E-state index in [4.69, 9.17) is 11.6 Å². The van der Waals surface area contributed by atoms with Crippen molar-refractivity contribution in [3.63, 3.8) is 0 Å². The van der Waals surface area contributed by atoms with Crippen molar-refractivity contribution in [3.05, 3.63) is 34.3 Å². The zero-order chi connectivity index (χ0) is 8.72. The summed E-state index contributed by atoms with van der Waals surface area (Å²) >= 11 is 5.71. The van der Waals surface area contributed by atoms with E-state index in [1.807, 2.05) is 0 Å². The third-order valence-electron chi connectivity index (χ3n) is 1.62. The number of carbonyl (C=O) groups excluding carboxylic acids is 2. The fraction of sp³-hybridized carbons (Fsp3) is 0. The largest absolute Gasteiger partial charge is 0.386 e. The molecule has 12 heavy (non-hydrogen) atoms. The summed E-state index contributed by atoms with van der Waals surface area (Å²) in [5.74, 6) is -1.36. The lowest BCUT2D eigenvalue weighted by molar-refractivity contribution is 0.0385. The number of rotatable bonds is 0. The first-order valence-electron chi connectivity index (χ1n) is 3.25. The molecule has 0 aliphatic carbocycles. The molecule has 1 aromatic rings. The summed E-state index contributed by atoms with van der Waals surface area (Å²) in [6, 6.07) is 4.62. The van der Waals surface area contributed by atoms with Gasteiger partial charge in [-0.1, -0.05) is 17.7 Å². The van der Waals surface area contributed by atoms with Gasteiger partial charge in [0.15, 0.2) is 0 Å². The molecule has 0 atom stereocenters. The Hall–Kier alpha value is -1.35. The molecule has 2 bridgehead atoms. The Morgan fingerprint density at radius 3 is 2.08 bits per heavy atom. The minimum absolute atomic E-state index is 0.179. The third-order valence-corrected chi connectivity index (χ3v) is 2.03. The average Bonchev–Trinajstić information content (AvgIpc) is 2.01. The number of cyclic esters (lactones) is 2. The highest BCUT2D eigenvalue weighted by Crippen LogP contribution is 2.26. The van der Waals surface area contributed by atoms with E-state index in [0.717, 1.165) is 0 Å². The lowest BCUT2D eigenvalue weighted by Crippen LogP contribution is -2.19. The number of halogens is 1. The Bertz CT molecular complexity index is 352. The van der Waals surface area contributed by atoms with E-state index in [1.165, 1.54) is 12.1 Å². The highest BCUT2D eigenvalue weighted by atomic mass is 35.5. The molecule has 0 saturated carbocycles. The van der Waals surface area contributed by atoms with Crippen LogP contribution in [0.3, 0.4) is 0 Å². The minimum atomic E-state index is -0.682. The van der Waals surface area contributed by atoms with Gasteiger partial charge in [0, 0.05) is 0 Å². The quantitative estimate of drug-likeness (QED) is 0.453. The van der Waals surface area contributed by atoms with Crippen molar-refractivity contribution < 1.29 is 14.3 Å². The summed E-state index contributed by atoms with van der Waals surface area (Å²) in [6.45, 7) is 0. The molecule has 0 spiro atoms. The van der Waals surface area contributed by atoms with Crippen LogP contribution < -0.4 is 0 Å². The van der Waals surface area contributed by atoms with Crippen molar-refractivity contribution in [3.8, 4) is 0 Å². The van der Waals surface area contributed by atoms with Gasteiger partial charge >= 0.3 is 11.9 Å². The molecule has 0 unspecified atom stereocenters. The first-order chi connectivity index (χ1) is 5.70. The number of benzene rings is 1. The fourth-order valence-corrected chi connectivity index (χ4v) is 1.32. The molecule has 0 saturated heterocycles. The third kappa shape index (κ3) is 0.833. The second-order valence-electron chi connectivity index (χ2n) is 2.34. The van der Waals surface area contributed by atoms with Crippen molar-refractivity contribution in [2.24, 2.45) is 0 Å². The SMILES string of the molecule is O=C1OC(=O)c2cccc1c2Cl. The molecular formula is C8H3ClO3. The fourth-order valence-electron chi connectivity index (χ4n) is 1.04. The zero-order valence-corrected chi connectivity index (χ0v) is 6.59. The van der Waals surface area contributed by atoms with Gasteiger partial charge in [0.1, 0.15) is 0 Å². The van der Waals surface area contributed by atoms with Crippen LogP contribution in [0.25, 0.3) is 0 Å². The van der Waals surface area contributed by atoms with Crippen molar-refractivity contribution >= 4 is 23.5 Å². The molecule has 0 fully saturated rings. The van der Waals surface area contributed by atoms with E-state index in [-0.39, 0.29) is 16.1 Å². The first kappa shape index (κ1) is 7.31. The van der Waals surface area contributed by atoms with E-state index in [9.17, 15) is 9.59 Å². The smallest absolute Gasteiger partial charge is 0.347 e. The molecule has 1 heterocycles.